The van der Waals surface area contributed by atoms with Crippen molar-refractivity contribution in [3.05, 3.63) is 0 Å². The first-order chi connectivity index (χ1) is 4.79. The van der Waals surface area contributed by atoms with Crippen molar-refractivity contribution in [3.8, 4) is 0 Å². The summed E-state index contributed by atoms with van der Waals surface area (Å²) in [6, 6.07) is 0. The van der Waals surface area contributed by atoms with Crippen LogP contribution in [0.1, 0.15) is 19.3 Å². The van der Waals surface area contributed by atoms with Gasteiger partial charge in [-0.25, -0.2) is 0 Å². The van der Waals surface area contributed by atoms with Crippen LogP contribution in [0.5, 0.6) is 0 Å². The maximum absolute atomic E-state index is 5.31. The molecule has 10 heavy (non-hydrogen) atoms. The Balaban J connectivity index is 2.19. The Morgan fingerprint density at radius 1 is 1.60 bits per heavy atom. The van der Waals surface area contributed by atoms with Gasteiger partial charge in [0.2, 0.25) is 0 Å². The van der Waals surface area contributed by atoms with E-state index in [1.807, 2.05) is 0 Å². The molecule has 0 aromatic heterocycles. The zero-order valence-electron chi connectivity index (χ0n) is 5.80. The zero-order valence-corrected chi connectivity index (χ0v) is 6.62. The molecular formula is C6H12N2OS. The van der Waals surface area contributed by atoms with E-state index in [0.29, 0.717) is 5.11 Å². The fraction of sp³-hybridized carbons (Fsp3) is 0.833. The molecule has 1 rings (SSSR count). The molecule has 1 fully saturated rings. The largest absolute Gasteiger partial charge is 0.376 e. The van der Waals surface area contributed by atoms with Gasteiger partial charge in [-0.05, 0) is 31.5 Å². The van der Waals surface area contributed by atoms with Crippen LogP contribution in [-0.2, 0) is 4.74 Å². The molecule has 0 spiro atoms. The zero-order chi connectivity index (χ0) is 7.40. The highest BCUT2D eigenvalue weighted by Crippen LogP contribution is 2.09. The molecule has 1 heterocycles. The molecule has 1 aliphatic heterocycles. The number of hydrogen-bond acceptors (Lipinski definition) is 2. The molecule has 0 bridgehead atoms. The van der Waals surface area contributed by atoms with Crippen LogP contribution in [0.3, 0.4) is 0 Å². The molecule has 0 amide bonds. The lowest BCUT2D eigenvalue weighted by molar-refractivity contribution is 0.00733. The fourth-order valence-corrected chi connectivity index (χ4v) is 1.14. The van der Waals surface area contributed by atoms with Gasteiger partial charge in [0.05, 0.1) is 0 Å². The van der Waals surface area contributed by atoms with E-state index >= 15 is 0 Å². The molecule has 58 valence electrons. The van der Waals surface area contributed by atoms with Crippen molar-refractivity contribution in [2.45, 2.75) is 25.5 Å². The summed E-state index contributed by atoms with van der Waals surface area (Å²) >= 11 is 4.66. The topological polar surface area (TPSA) is 47.3 Å². The smallest absolute Gasteiger partial charge is 0.165 e. The maximum Gasteiger partial charge on any atom is 0.165 e. The minimum Gasteiger partial charge on any atom is -0.376 e. The molecule has 1 saturated heterocycles. The third-order valence-corrected chi connectivity index (χ3v) is 1.60. The number of thiocarbonyl (C=S) groups is 1. The molecule has 1 aliphatic rings. The Morgan fingerprint density at radius 2 is 2.40 bits per heavy atom. The molecule has 3 N–H and O–H groups in total. The normalized spacial score (nSPS) is 25.8. The van der Waals surface area contributed by atoms with Gasteiger partial charge >= 0.3 is 0 Å². The Morgan fingerprint density at radius 3 is 2.90 bits per heavy atom. The SMILES string of the molecule is NC(=S)NC1CCCCO1. The van der Waals surface area contributed by atoms with Gasteiger partial charge in [-0.3, -0.25) is 0 Å². The molecule has 0 saturated carbocycles. The van der Waals surface area contributed by atoms with Crippen molar-refractivity contribution < 1.29 is 4.74 Å². The first-order valence-electron chi connectivity index (χ1n) is 3.46. The van der Waals surface area contributed by atoms with Crippen molar-refractivity contribution in [2.24, 2.45) is 5.73 Å². The fourth-order valence-electron chi connectivity index (χ4n) is 1.01. The Kier molecular flexibility index (Phi) is 2.89. The quantitative estimate of drug-likeness (QED) is 0.543. The summed E-state index contributed by atoms with van der Waals surface area (Å²) in [7, 11) is 0. The molecule has 3 nitrogen and oxygen atoms in total. The van der Waals surface area contributed by atoms with Gasteiger partial charge in [0.25, 0.3) is 0 Å². The van der Waals surface area contributed by atoms with Crippen LogP contribution in [0, 0.1) is 0 Å². The van der Waals surface area contributed by atoms with E-state index in [1.165, 1.54) is 6.42 Å². The number of hydrogen-bond donors (Lipinski definition) is 2. The second-order valence-electron chi connectivity index (χ2n) is 2.36. The first-order valence-corrected chi connectivity index (χ1v) is 3.87. The summed E-state index contributed by atoms with van der Waals surface area (Å²) in [5, 5.41) is 3.19. The van der Waals surface area contributed by atoms with Crippen molar-refractivity contribution >= 4 is 17.3 Å². The summed E-state index contributed by atoms with van der Waals surface area (Å²) in [4.78, 5) is 0. The second-order valence-corrected chi connectivity index (χ2v) is 2.80. The lowest BCUT2D eigenvalue weighted by Crippen LogP contribution is -2.41. The highest BCUT2D eigenvalue weighted by atomic mass is 32.1. The molecule has 0 aromatic rings. The Bertz CT molecular complexity index is 123. The standard InChI is InChI=1S/C6H12N2OS/c7-6(10)8-5-3-1-2-4-9-5/h5H,1-4H2,(H3,7,8,10). The highest BCUT2D eigenvalue weighted by molar-refractivity contribution is 7.80. The van der Waals surface area contributed by atoms with Gasteiger partial charge < -0.3 is 15.8 Å². The third kappa shape index (κ3) is 2.49. The van der Waals surface area contributed by atoms with E-state index in [4.69, 9.17) is 10.5 Å². The predicted octanol–water partition coefficient (Wildman–Crippen LogP) is 0.346. The second kappa shape index (κ2) is 3.73. The van der Waals surface area contributed by atoms with Crippen LogP contribution in [0.25, 0.3) is 0 Å². The summed E-state index contributed by atoms with van der Waals surface area (Å²) in [6.07, 6.45) is 3.42. The van der Waals surface area contributed by atoms with Crippen LogP contribution >= 0.6 is 12.2 Å². The minimum atomic E-state index is 0.0613. The van der Waals surface area contributed by atoms with Crippen LogP contribution in [-0.4, -0.2) is 17.9 Å². The van der Waals surface area contributed by atoms with E-state index in [2.05, 4.69) is 17.5 Å². The Labute approximate surface area is 65.9 Å². The average molecular weight is 160 g/mol. The van der Waals surface area contributed by atoms with Gasteiger partial charge in [-0.1, -0.05) is 0 Å². The molecule has 0 aliphatic carbocycles. The number of rotatable bonds is 1. The number of ether oxygens (including phenoxy) is 1. The van der Waals surface area contributed by atoms with Gasteiger partial charge in [0.1, 0.15) is 6.23 Å². The van der Waals surface area contributed by atoms with Gasteiger partial charge in [-0.2, -0.15) is 0 Å². The van der Waals surface area contributed by atoms with Crippen LogP contribution < -0.4 is 11.1 Å². The predicted molar refractivity (Wildman–Crippen MR) is 43.5 cm³/mol. The van der Waals surface area contributed by atoms with Gasteiger partial charge in [0, 0.05) is 6.61 Å². The minimum absolute atomic E-state index is 0.0613. The lowest BCUT2D eigenvalue weighted by Gasteiger charge is -2.23. The molecule has 4 heteroatoms. The summed E-state index contributed by atoms with van der Waals surface area (Å²) in [5.74, 6) is 0. The van der Waals surface area contributed by atoms with Crippen molar-refractivity contribution in [1.82, 2.24) is 5.32 Å². The maximum atomic E-state index is 5.31. The summed E-state index contributed by atoms with van der Waals surface area (Å²) in [5.41, 5.74) is 5.26. The number of nitrogens with one attached hydrogen (secondary N) is 1. The number of nitrogens with two attached hydrogens (primary N) is 1. The van der Waals surface area contributed by atoms with E-state index < -0.39 is 0 Å². The highest BCUT2D eigenvalue weighted by Gasteiger charge is 2.12. The van der Waals surface area contributed by atoms with Crippen LogP contribution in [0.2, 0.25) is 0 Å². The molecular weight excluding hydrogens is 148 g/mol. The molecule has 0 radical (unpaired) electrons. The van der Waals surface area contributed by atoms with Crippen LogP contribution in [0.15, 0.2) is 0 Å². The summed E-state index contributed by atoms with van der Waals surface area (Å²) in [6.45, 7) is 0.820. The lowest BCUT2D eigenvalue weighted by atomic mass is 10.2. The van der Waals surface area contributed by atoms with Crippen molar-refractivity contribution in [1.29, 1.82) is 0 Å². The monoisotopic (exact) mass is 160 g/mol. The molecule has 1 atom stereocenters. The Hall–Kier alpha value is -0.350. The van der Waals surface area contributed by atoms with Crippen molar-refractivity contribution in [2.75, 3.05) is 6.61 Å². The average Bonchev–Trinajstić information content (AvgIpc) is 1.88. The van der Waals surface area contributed by atoms with Gasteiger partial charge in [-0.15, -0.1) is 0 Å². The van der Waals surface area contributed by atoms with E-state index in [-0.39, 0.29) is 6.23 Å². The van der Waals surface area contributed by atoms with E-state index in [9.17, 15) is 0 Å². The van der Waals surface area contributed by atoms with Gasteiger partial charge in [0.15, 0.2) is 5.11 Å². The molecule has 0 aromatic carbocycles. The molecule has 1 unspecified atom stereocenters. The third-order valence-electron chi connectivity index (χ3n) is 1.48. The summed E-state index contributed by atoms with van der Waals surface area (Å²) < 4.78 is 5.31. The van der Waals surface area contributed by atoms with Crippen molar-refractivity contribution in [3.63, 3.8) is 0 Å². The van der Waals surface area contributed by atoms with E-state index in [0.717, 1.165) is 19.4 Å². The first kappa shape index (κ1) is 7.75. The van der Waals surface area contributed by atoms with E-state index in [1.54, 1.807) is 0 Å². The van der Waals surface area contributed by atoms with Crippen LogP contribution in [0.4, 0.5) is 0 Å².